The van der Waals surface area contributed by atoms with E-state index in [1.807, 2.05) is 55.5 Å². The van der Waals surface area contributed by atoms with Crippen molar-refractivity contribution in [2.24, 2.45) is 0 Å². The fraction of sp³-hybridized carbons (Fsp3) is 0.400. The van der Waals surface area contributed by atoms with Crippen molar-refractivity contribution in [3.8, 4) is 11.1 Å². The highest BCUT2D eigenvalue weighted by atomic mass is 16.5. The Morgan fingerprint density at radius 2 is 1.66 bits per heavy atom. The van der Waals surface area contributed by atoms with E-state index in [9.17, 15) is 19.5 Å². The zero-order valence-electron chi connectivity index (χ0n) is 18.1. The van der Waals surface area contributed by atoms with Crippen LogP contribution >= 0.6 is 0 Å². The molecule has 3 N–H and O–H groups in total. The summed E-state index contributed by atoms with van der Waals surface area (Å²) in [7, 11) is 0. The largest absolute Gasteiger partial charge is 0.481 e. The molecule has 2 aliphatic carbocycles. The predicted molar refractivity (Wildman–Crippen MR) is 119 cm³/mol. The molecule has 7 heteroatoms. The lowest BCUT2D eigenvalue weighted by molar-refractivity contribution is -0.140. The Bertz CT molecular complexity index is 985. The number of hydrogen-bond donors (Lipinski definition) is 3. The highest BCUT2D eigenvalue weighted by Crippen LogP contribution is 2.44. The van der Waals surface area contributed by atoms with E-state index in [1.165, 1.54) is 0 Å². The van der Waals surface area contributed by atoms with E-state index >= 15 is 0 Å². The number of hydrogen-bond acceptors (Lipinski definition) is 4. The maximum atomic E-state index is 12.7. The van der Waals surface area contributed by atoms with Gasteiger partial charge in [0, 0.05) is 11.5 Å². The van der Waals surface area contributed by atoms with Crippen LogP contribution < -0.4 is 10.6 Å². The lowest BCUT2D eigenvalue weighted by atomic mass is 9.98. The SMILES string of the molecule is CCCC1(NC(=O)C(CC(=O)O)NC(=O)OCC2c3ccccc3-c3ccccc32)CC1. The quantitative estimate of drug-likeness (QED) is 0.554. The first-order chi connectivity index (χ1) is 15.4. The van der Waals surface area contributed by atoms with Crippen LogP contribution in [-0.4, -0.2) is 41.3 Å². The molecule has 1 fully saturated rings. The van der Waals surface area contributed by atoms with Gasteiger partial charge < -0.3 is 20.5 Å². The number of carboxylic acids is 1. The van der Waals surface area contributed by atoms with Crippen LogP contribution in [0.3, 0.4) is 0 Å². The van der Waals surface area contributed by atoms with Crippen molar-refractivity contribution in [1.82, 2.24) is 10.6 Å². The van der Waals surface area contributed by atoms with Crippen molar-refractivity contribution >= 4 is 18.0 Å². The molecule has 0 radical (unpaired) electrons. The smallest absolute Gasteiger partial charge is 0.407 e. The summed E-state index contributed by atoms with van der Waals surface area (Å²) in [5.41, 5.74) is 4.13. The Hall–Kier alpha value is -3.35. The van der Waals surface area contributed by atoms with Crippen LogP contribution in [0.5, 0.6) is 0 Å². The van der Waals surface area contributed by atoms with Crippen LogP contribution in [0.2, 0.25) is 0 Å². The van der Waals surface area contributed by atoms with E-state index in [-0.39, 0.29) is 18.1 Å². The summed E-state index contributed by atoms with van der Waals surface area (Å²) in [5, 5.41) is 14.6. The molecule has 1 unspecified atom stereocenters. The number of aliphatic carboxylic acids is 1. The number of nitrogens with one attached hydrogen (secondary N) is 2. The molecule has 0 spiro atoms. The molecule has 2 amide bonds. The molecule has 168 valence electrons. The summed E-state index contributed by atoms with van der Waals surface area (Å²) in [6, 6.07) is 14.8. The monoisotopic (exact) mass is 436 g/mol. The number of carboxylic acid groups (broad SMARTS) is 1. The van der Waals surface area contributed by atoms with Gasteiger partial charge in [0.05, 0.1) is 6.42 Å². The zero-order valence-corrected chi connectivity index (χ0v) is 18.1. The van der Waals surface area contributed by atoms with E-state index < -0.39 is 30.4 Å². The number of rotatable bonds is 9. The average molecular weight is 437 g/mol. The molecular formula is C25H28N2O5. The molecule has 2 aromatic carbocycles. The van der Waals surface area contributed by atoms with Crippen molar-refractivity contribution in [3.63, 3.8) is 0 Å². The third-order valence-electron chi connectivity index (χ3n) is 6.30. The van der Waals surface area contributed by atoms with Gasteiger partial charge in [0.1, 0.15) is 12.6 Å². The van der Waals surface area contributed by atoms with Crippen LogP contribution in [0.25, 0.3) is 11.1 Å². The summed E-state index contributed by atoms with van der Waals surface area (Å²) in [6.07, 6.45) is 2.20. The Kier molecular flexibility index (Phi) is 6.17. The lowest BCUT2D eigenvalue weighted by Gasteiger charge is -2.22. The number of amides is 2. The van der Waals surface area contributed by atoms with Crippen molar-refractivity contribution in [2.75, 3.05) is 6.61 Å². The first-order valence-electron chi connectivity index (χ1n) is 11.1. The van der Waals surface area contributed by atoms with Crippen LogP contribution in [0.1, 0.15) is 56.1 Å². The topological polar surface area (TPSA) is 105 Å². The zero-order chi connectivity index (χ0) is 22.7. The highest BCUT2D eigenvalue weighted by Gasteiger charge is 2.44. The molecular weight excluding hydrogens is 408 g/mol. The molecule has 0 aliphatic heterocycles. The molecule has 2 aliphatic rings. The maximum absolute atomic E-state index is 12.7. The third kappa shape index (κ3) is 4.61. The maximum Gasteiger partial charge on any atom is 0.407 e. The van der Waals surface area contributed by atoms with Crippen molar-refractivity contribution < 1.29 is 24.2 Å². The van der Waals surface area contributed by atoms with Gasteiger partial charge in [-0.15, -0.1) is 0 Å². The second-order valence-electron chi connectivity index (χ2n) is 8.64. The van der Waals surface area contributed by atoms with Gasteiger partial charge in [-0.2, -0.15) is 0 Å². The van der Waals surface area contributed by atoms with Crippen LogP contribution in [0, 0.1) is 0 Å². The van der Waals surface area contributed by atoms with Crippen molar-refractivity contribution in [1.29, 1.82) is 0 Å². The normalized spacial score (nSPS) is 16.4. The van der Waals surface area contributed by atoms with Gasteiger partial charge in [-0.05, 0) is 41.5 Å². The summed E-state index contributed by atoms with van der Waals surface area (Å²) in [6.45, 7) is 2.14. The van der Waals surface area contributed by atoms with Gasteiger partial charge in [-0.25, -0.2) is 4.79 Å². The third-order valence-corrected chi connectivity index (χ3v) is 6.30. The van der Waals surface area contributed by atoms with Crippen molar-refractivity contribution in [2.45, 2.75) is 56.5 Å². The molecule has 0 heterocycles. The molecule has 0 saturated heterocycles. The molecule has 2 aromatic rings. The molecule has 0 bridgehead atoms. The number of carbonyl (C=O) groups excluding carboxylic acids is 2. The first kappa shape index (κ1) is 21.9. The van der Waals surface area contributed by atoms with Crippen LogP contribution in [0.15, 0.2) is 48.5 Å². The lowest BCUT2D eigenvalue weighted by Crippen LogP contribution is -2.51. The van der Waals surface area contributed by atoms with Gasteiger partial charge in [-0.1, -0.05) is 61.9 Å². The Morgan fingerprint density at radius 1 is 1.06 bits per heavy atom. The van der Waals surface area contributed by atoms with Gasteiger partial charge in [0.25, 0.3) is 0 Å². The Labute approximate surface area is 187 Å². The minimum Gasteiger partial charge on any atom is -0.481 e. The minimum atomic E-state index is -1.18. The molecule has 4 rings (SSSR count). The van der Waals surface area contributed by atoms with E-state index in [1.54, 1.807) is 0 Å². The number of benzene rings is 2. The van der Waals surface area contributed by atoms with E-state index in [2.05, 4.69) is 10.6 Å². The van der Waals surface area contributed by atoms with E-state index in [0.717, 1.165) is 47.9 Å². The molecule has 1 atom stereocenters. The van der Waals surface area contributed by atoms with Crippen LogP contribution in [0.4, 0.5) is 4.79 Å². The van der Waals surface area contributed by atoms with Crippen LogP contribution in [-0.2, 0) is 14.3 Å². The summed E-state index contributed by atoms with van der Waals surface area (Å²) in [4.78, 5) is 36.5. The molecule has 32 heavy (non-hydrogen) atoms. The summed E-state index contributed by atoms with van der Waals surface area (Å²) < 4.78 is 5.47. The molecule has 1 saturated carbocycles. The minimum absolute atomic E-state index is 0.0983. The van der Waals surface area contributed by atoms with Gasteiger partial charge in [-0.3, -0.25) is 9.59 Å². The number of fused-ring (bicyclic) bond motifs is 3. The van der Waals surface area contributed by atoms with Gasteiger partial charge in [0.15, 0.2) is 0 Å². The fourth-order valence-electron chi connectivity index (χ4n) is 4.58. The number of alkyl carbamates (subject to hydrolysis) is 1. The molecule has 0 aromatic heterocycles. The second kappa shape index (κ2) is 9.02. The highest BCUT2D eigenvalue weighted by molar-refractivity contribution is 5.90. The predicted octanol–water partition coefficient (Wildman–Crippen LogP) is 3.82. The standard InChI is InChI=1S/C25H28N2O5/c1-2-11-25(12-13-25)27-23(30)21(14-22(28)29)26-24(31)32-15-20-18-9-5-3-7-16(18)17-8-4-6-10-19(17)20/h3-10,20-21H,2,11-15H2,1H3,(H,26,31)(H,27,30)(H,28,29). The van der Waals surface area contributed by atoms with Gasteiger partial charge >= 0.3 is 12.1 Å². The fourth-order valence-corrected chi connectivity index (χ4v) is 4.58. The molecule has 7 nitrogen and oxygen atoms in total. The Morgan fingerprint density at radius 3 is 2.19 bits per heavy atom. The van der Waals surface area contributed by atoms with Gasteiger partial charge in [0.2, 0.25) is 5.91 Å². The number of ether oxygens (including phenoxy) is 1. The van der Waals surface area contributed by atoms with E-state index in [4.69, 9.17) is 4.74 Å². The second-order valence-corrected chi connectivity index (χ2v) is 8.64. The first-order valence-corrected chi connectivity index (χ1v) is 11.1. The summed E-state index contributed by atoms with van der Waals surface area (Å²) in [5.74, 6) is -1.75. The number of carbonyl (C=O) groups is 3. The van der Waals surface area contributed by atoms with Crippen molar-refractivity contribution in [3.05, 3.63) is 59.7 Å². The average Bonchev–Trinajstić information content (AvgIpc) is 3.44. The summed E-state index contributed by atoms with van der Waals surface area (Å²) >= 11 is 0. The Balaban J connectivity index is 1.41. The van der Waals surface area contributed by atoms with E-state index in [0.29, 0.717) is 0 Å².